The fourth-order valence-electron chi connectivity index (χ4n) is 2.96. The van der Waals surface area contributed by atoms with E-state index in [1.165, 1.54) is 0 Å². The van der Waals surface area contributed by atoms with Crippen molar-refractivity contribution >= 4 is 21.5 Å². The number of aromatic nitrogens is 2. The highest BCUT2D eigenvalue weighted by atomic mass is 32.2. The molecule has 1 saturated heterocycles. The molecule has 0 bridgehead atoms. The zero-order valence-corrected chi connectivity index (χ0v) is 12.9. The Hall–Kier alpha value is -1.60. The number of nitrogens with two attached hydrogens (primary N) is 1. The molecular formula is C14H20N4O2S. The molecule has 0 radical (unpaired) electrons. The average molecular weight is 308 g/mol. The van der Waals surface area contributed by atoms with Gasteiger partial charge in [-0.15, -0.1) is 0 Å². The van der Waals surface area contributed by atoms with Gasteiger partial charge in [-0.3, -0.25) is 4.40 Å². The average Bonchev–Trinajstić information content (AvgIpc) is 2.62. The normalized spacial score (nSPS) is 21.5. The maximum Gasteiger partial charge on any atom is 0.263 e. The van der Waals surface area contributed by atoms with Crippen molar-refractivity contribution in [1.82, 2.24) is 13.7 Å². The van der Waals surface area contributed by atoms with E-state index in [9.17, 15) is 8.42 Å². The molecular weight excluding hydrogens is 288 g/mol. The second-order valence-corrected chi connectivity index (χ2v) is 7.35. The van der Waals surface area contributed by atoms with E-state index in [0.717, 1.165) is 25.7 Å². The number of nitrogen functional groups attached to an aromatic ring is 1. The molecule has 3 heterocycles. The van der Waals surface area contributed by atoms with Crippen molar-refractivity contribution in [3.05, 3.63) is 24.4 Å². The Bertz CT molecular complexity index is 753. The number of nitrogens with zero attached hydrogens (tertiary/aromatic N) is 3. The van der Waals surface area contributed by atoms with E-state index in [2.05, 4.69) is 4.98 Å². The summed E-state index contributed by atoms with van der Waals surface area (Å²) in [6.07, 6.45) is 5.60. The summed E-state index contributed by atoms with van der Waals surface area (Å²) in [4.78, 5) is 4.16. The summed E-state index contributed by atoms with van der Waals surface area (Å²) in [5.41, 5.74) is 6.44. The molecule has 3 rings (SSSR count). The Balaban J connectivity index is 2.13. The standard InChI is InChI=1S/C14H20N4O2S/c1-11-7-3-2-5-10-18(11)21(19,20)14-13(15)16-12-8-4-6-9-17(12)14/h4,6,8-9,11H,2-3,5,7,10,15H2,1H3. The summed E-state index contributed by atoms with van der Waals surface area (Å²) >= 11 is 0. The van der Waals surface area contributed by atoms with Gasteiger partial charge in [-0.1, -0.05) is 18.9 Å². The summed E-state index contributed by atoms with van der Waals surface area (Å²) in [6.45, 7) is 2.51. The number of sulfonamides is 1. The van der Waals surface area contributed by atoms with Crippen LogP contribution < -0.4 is 5.73 Å². The minimum Gasteiger partial charge on any atom is -0.381 e. The fourth-order valence-corrected chi connectivity index (χ4v) is 4.85. The highest BCUT2D eigenvalue weighted by Crippen LogP contribution is 2.28. The molecule has 1 aliphatic heterocycles. The molecule has 1 atom stereocenters. The summed E-state index contributed by atoms with van der Waals surface area (Å²) in [5.74, 6) is 0.0673. The molecule has 21 heavy (non-hydrogen) atoms. The van der Waals surface area contributed by atoms with Crippen LogP contribution in [0.3, 0.4) is 0 Å². The van der Waals surface area contributed by atoms with Gasteiger partial charge in [0.15, 0.2) is 10.8 Å². The predicted octanol–water partition coefficient (Wildman–Crippen LogP) is 1.87. The third-order valence-electron chi connectivity index (χ3n) is 4.06. The van der Waals surface area contributed by atoms with Gasteiger partial charge in [0.05, 0.1) is 0 Å². The number of anilines is 1. The van der Waals surface area contributed by atoms with Crippen molar-refractivity contribution in [3.63, 3.8) is 0 Å². The monoisotopic (exact) mass is 308 g/mol. The molecule has 0 aromatic carbocycles. The summed E-state index contributed by atoms with van der Waals surface area (Å²) in [7, 11) is -3.64. The van der Waals surface area contributed by atoms with Crippen LogP contribution >= 0.6 is 0 Å². The highest BCUT2D eigenvalue weighted by molar-refractivity contribution is 7.89. The van der Waals surface area contributed by atoms with Crippen LogP contribution in [0.5, 0.6) is 0 Å². The molecule has 0 amide bonds. The molecule has 6 nitrogen and oxygen atoms in total. The van der Waals surface area contributed by atoms with E-state index in [1.54, 1.807) is 27.0 Å². The lowest BCUT2D eigenvalue weighted by molar-refractivity contribution is 0.341. The fraction of sp³-hybridized carbons (Fsp3) is 0.500. The Morgan fingerprint density at radius 1 is 1.29 bits per heavy atom. The Morgan fingerprint density at radius 3 is 2.90 bits per heavy atom. The highest BCUT2D eigenvalue weighted by Gasteiger charge is 2.34. The van der Waals surface area contributed by atoms with Crippen molar-refractivity contribution in [2.24, 2.45) is 0 Å². The van der Waals surface area contributed by atoms with E-state index in [0.29, 0.717) is 12.2 Å². The van der Waals surface area contributed by atoms with Gasteiger partial charge in [-0.05, 0) is 31.9 Å². The SMILES string of the molecule is CC1CCCCCN1S(=O)(=O)c1c(N)nc2ccccn12. The number of rotatable bonds is 2. The smallest absolute Gasteiger partial charge is 0.263 e. The second kappa shape index (κ2) is 5.31. The first-order valence-corrected chi connectivity index (χ1v) is 8.70. The van der Waals surface area contributed by atoms with Crippen LogP contribution in [0.4, 0.5) is 5.82 Å². The van der Waals surface area contributed by atoms with Crippen LogP contribution in [0.25, 0.3) is 5.65 Å². The Labute approximate surface area is 124 Å². The predicted molar refractivity (Wildman–Crippen MR) is 81.4 cm³/mol. The topological polar surface area (TPSA) is 80.7 Å². The quantitative estimate of drug-likeness (QED) is 0.918. The minimum atomic E-state index is -3.64. The van der Waals surface area contributed by atoms with Gasteiger partial charge in [-0.2, -0.15) is 4.31 Å². The van der Waals surface area contributed by atoms with Crippen LogP contribution in [0.15, 0.2) is 29.4 Å². The van der Waals surface area contributed by atoms with Gasteiger partial charge in [0.25, 0.3) is 10.0 Å². The lowest BCUT2D eigenvalue weighted by atomic mass is 10.1. The Kier molecular flexibility index (Phi) is 3.62. The van der Waals surface area contributed by atoms with Crippen LogP contribution in [-0.4, -0.2) is 34.7 Å². The first kappa shape index (κ1) is 14.3. The van der Waals surface area contributed by atoms with Gasteiger partial charge >= 0.3 is 0 Å². The van der Waals surface area contributed by atoms with Crippen molar-refractivity contribution < 1.29 is 8.42 Å². The first-order chi connectivity index (χ1) is 10.0. The van der Waals surface area contributed by atoms with E-state index in [4.69, 9.17) is 5.73 Å². The largest absolute Gasteiger partial charge is 0.381 e. The zero-order chi connectivity index (χ0) is 15.0. The van der Waals surface area contributed by atoms with Crippen LogP contribution in [0, 0.1) is 0 Å². The van der Waals surface area contributed by atoms with Gasteiger partial charge in [-0.25, -0.2) is 13.4 Å². The van der Waals surface area contributed by atoms with Gasteiger partial charge in [0, 0.05) is 18.8 Å². The van der Waals surface area contributed by atoms with E-state index in [-0.39, 0.29) is 16.9 Å². The first-order valence-electron chi connectivity index (χ1n) is 7.26. The van der Waals surface area contributed by atoms with Crippen molar-refractivity contribution in [1.29, 1.82) is 0 Å². The van der Waals surface area contributed by atoms with E-state index in [1.807, 2.05) is 13.0 Å². The van der Waals surface area contributed by atoms with Gasteiger partial charge in [0.2, 0.25) is 0 Å². The molecule has 1 unspecified atom stereocenters. The lowest BCUT2D eigenvalue weighted by Gasteiger charge is -2.26. The van der Waals surface area contributed by atoms with Gasteiger partial charge in [0.1, 0.15) is 5.65 Å². The molecule has 2 aromatic rings. The molecule has 0 saturated carbocycles. The number of pyridine rings is 1. The maximum atomic E-state index is 13.0. The second-order valence-electron chi connectivity index (χ2n) is 5.55. The number of fused-ring (bicyclic) bond motifs is 1. The molecule has 2 N–H and O–H groups in total. The Morgan fingerprint density at radius 2 is 2.10 bits per heavy atom. The zero-order valence-electron chi connectivity index (χ0n) is 12.1. The third kappa shape index (κ3) is 2.40. The van der Waals surface area contributed by atoms with Crippen molar-refractivity contribution in [3.8, 4) is 0 Å². The van der Waals surface area contributed by atoms with Crippen LogP contribution in [-0.2, 0) is 10.0 Å². The molecule has 1 fully saturated rings. The lowest BCUT2D eigenvalue weighted by Crippen LogP contribution is -2.39. The number of imidazole rings is 1. The van der Waals surface area contributed by atoms with E-state index >= 15 is 0 Å². The molecule has 1 aliphatic rings. The van der Waals surface area contributed by atoms with Crippen LogP contribution in [0.2, 0.25) is 0 Å². The molecule has 0 spiro atoms. The van der Waals surface area contributed by atoms with E-state index < -0.39 is 10.0 Å². The number of hydrogen-bond acceptors (Lipinski definition) is 4. The van der Waals surface area contributed by atoms with Gasteiger partial charge < -0.3 is 5.73 Å². The van der Waals surface area contributed by atoms with Crippen molar-refractivity contribution in [2.75, 3.05) is 12.3 Å². The molecule has 7 heteroatoms. The summed E-state index contributed by atoms with van der Waals surface area (Å²) in [5, 5.41) is 0.0897. The molecule has 2 aromatic heterocycles. The molecule has 0 aliphatic carbocycles. The minimum absolute atomic E-state index is 0.00818. The maximum absolute atomic E-state index is 13.0. The van der Waals surface area contributed by atoms with Crippen LogP contribution in [0.1, 0.15) is 32.6 Å². The summed E-state index contributed by atoms with van der Waals surface area (Å²) in [6, 6.07) is 5.33. The van der Waals surface area contributed by atoms with Crippen molar-refractivity contribution in [2.45, 2.75) is 43.7 Å². The summed E-state index contributed by atoms with van der Waals surface area (Å²) < 4.78 is 29.2. The molecule has 114 valence electrons. The third-order valence-corrected chi connectivity index (χ3v) is 6.11. The number of hydrogen-bond donors (Lipinski definition) is 1.